The fourth-order valence-corrected chi connectivity index (χ4v) is 2.94. The van der Waals surface area contributed by atoms with Crippen LogP contribution >= 0.6 is 0 Å². The van der Waals surface area contributed by atoms with Crippen molar-refractivity contribution in [2.24, 2.45) is 0 Å². The van der Waals surface area contributed by atoms with E-state index in [1.807, 2.05) is 30.3 Å². The van der Waals surface area contributed by atoms with Gasteiger partial charge < -0.3 is 9.47 Å². The zero-order chi connectivity index (χ0) is 14.1. The van der Waals surface area contributed by atoms with E-state index in [0.717, 1.165) is 17.9 Å². The molecule has 2 heteroatoms. The van der Waals surface area contributed by atoms with Crippen molar-refractivity contribution in [1.82, 2.24) is 0 Å². The van der Waals surface area contributed by atoms with E-state index in [0.29, 0.717) is 6.61 Å². The smallest absolute Gasteiger partial charge is 0.131 e. The number of benzene rings is 3. The summed E-state index contributed by atoms with van der Waals surface area (Å²) in [6.45, 7) is 0.697. The Morgan fingerprint density at radius 1 is 0.857 bits per heavy atom. The highest BCUT2D eigenvalue weighted by molar-refractivity contribution is 5.88. The molecular weight excluding hydrogens is 260 g/mol. The fourth-order valence-electron chi connectivity index (χ4n) is 2.94. The van der Waals surface area contributed by atoms with Crippen molar-refractivity contribution in [1.29, 1.82) is 0 Å². The first kappa shape index (κ1) is 12.3. The quantitative estimate of drug-likeness (QED) is 0.673. The van der Waals surface area contributed by atoms with Crippen LogP contribution in [-0.2, 0) is 0 Å². The van der Waals surface area contributed by atoms with E-state index in [1.54, 1.807) is 0 Å². The number of ether oxygens (including phenoxy) is 2. The molecule has 4 rings (SSSR count). The van der Waals surface area contributed by atoms with Gasteiger partial charge in [0.05, 0.1) is 6.61 Å². The van der Waals surface area contributed by atoms with Gasteiger partial charge in [0, 0.05) is 12.0 Å². The molecule has 0 saturated carbocycles. The Bertz CT molecular complexity index is 765. The fraction of sp³-hybridized carbons (Fsp3) is 0.158. The van der Waals surface area contributed by atoms with Gasteiger partial charge >= 0.3 is 0 Å². The maximum absolute atomic E-state index is 6.21. The average molecular weight is 276 g/mol. The van der Waals surface area contributed by atoms with Gasteiger partial charge in [-0.2, -0.15) is 0 Å². The molecule has 2 nitrogen and oxygen atoms in total. The van der Waals surface area contributed by atoms with Crippen LogP contribution in [0.5, 0.6) is 11.5 Å². The van der Waals surface area contributed by atoms with E-state index in [-0.39, 0.29) is 6.10 Å². The minimum atomic E-state index is 0.0437. The van der Waals surface area contributed by atoms with E-state index in [2.05, 4.69) is 36.4 Å². The summed E-state index contributed by atoms with van der Waals surface area (Å²) in [6.07, 6.45) is 0.915. The summed E-state index contributed by atoms with van der Waals surface area (Å²) < 4.78 is 12.0. The maximum atomic E-state index is 6.21. The molecule has 0 bridgehead atoms. The summed E-state index contributed by atoms with van der Waals surface area (Å²) in [5.41, 5.74) is 1.17. The molecule has 0 saturated heterocycles. The van der Waals surface area contributed by atoms with Crippen molar-refractivity contribution in [2.75, 3.05) is 6.61 Å². The van der Waals surface area contributed by atoms with E-state index < -0.39 is 0 Å². The molecule has 0 aliphatic carbocycles. The minimum Gasteiger partial charge on any atom is -0.493 e. The van der Waals surface area contributed by atoms with Crippen LogP contribution < -0.4 is 9.47 Å². The topological polar surface area (TPSA) is 18.5 Å². The number of hydrogen-bond acceptors (Lipinski definition) is 2. The summed E-state index contributed by atoms with van der Waals surface area (Å²) in [7, 11) is 0. The normalized spacial score (nSPS) is 17.0. The van der Waals surface area contributed by atoms with Gasteiger partial charge in [0.2, 0.25) is 0 Å². The van der Waals surface area contributed by atoms with Gasteiger partial charge in [0.25, 0.3) is 0 Å². The highest BCUT2D eigenvalue weighted by Gasteiger charge is 2.25. The molecule has 104 valence electrons. The van der Waals surface area contributed by atoms with Gasteiger partial charge in [-0.3, -0.25) is 0 Å². The predicted molar refractivity (Wildman–Crippen MR) is 83.9 cm³/mol. The molecule has 0 fully saturated rings. The zero-order valence-corrected chi connectivity index (χ0v) is 11.7. The van der Waals surface area contributed by atoms with Crippen LogP contribution in [0.25, 0.3) is 10.8 Å². The van der Waals surface area contributed by atoms with Crippen molar-refractivity contribution in [3.05, 3.63) is 72.3 Å². The van der Waals surface area contributed by atoms with E-state index >= 15 is 0 Å². The van der Waals surface area contributed by atoms with Gasteiger partial charge in [0.1, 0.15) is 17.6 Å². The van der Waals surface area contributed by atoms with Crippen LogP contribution in [0.15, 0.2) is 66.7 Å². The Morgan fingerprint density at radius 3 is 2.57 bits per heavy atom. The van der Waals surface area contributed by atoms with E-state index in [4.69, 9.17) is 9.47 Å². The van der Waals surface area contributed by atoms with Crippen molar-refractivity contribution in [3.63, 3.8) is 0 Å². The third kappa shape index (κ3) is 2.23. The number of rotatable bonds is 2. The summed E-state index contributed by atoms with van der Waals surface area (Å²) in [6, 6.07) is 22.6. The second kappa shape index (κ2) is 5.13. The van der Waals surface area contributed by atoms with Gasteiger partial charge in [-0.15, -0.1) is 0 Å². The van der Waals surface area contributed by atoms with Crippen molar-refractivity contribution in [2.45, 2.75) is 12.5 Å². The van der Waals surface area contributed by atoms with Crippen LogP contribution in [0.3, 0.4) is 0 Å². The Labute approximate surface area is 123 Å². The summed E-state index contributed by atoms with van der Waals surface area (Å²) >= 11 is 0. The molecule has 21 heavy (non-hydrogen) atoms. The molecule has 0 radical (unpaired) electrons. The Kier molecular flexibility index (Phi) is 3.00. The summed E-state index contributed by atoms with van der Waals surface area (Å²) in [4.78, 5) is 0. The molecule has 1 unspecified atom stereocenters. The number of hydrogen-bond donors (Lipinski definition) is 0. The largest absolute Gasteiger partial charge is 0.493 e. The van der Waals surface area contributed by atoms with Crippen molar-refractivity contribution >= 4 is 10.8 Å². The molecule has 1 heterocycles. The third-order valence-electron chi connectivity index (χ3n) is 3.91. The zero-order valence-electron chi connectivity index (χ0n) is 11.7. The molecule has 0 aromatic heterocycles. The van der Waals surface area contributed by atoms with Crippen LogP contribution in [-0.4, -0.2) is 6.61 Å². The Balaban J connectivity index is 1.81. The monoisotopic (exact) mass is 276 g/mol. The van der Waals surface area contributed by atoms with Crippen LogP contribution in [0, 0.1) is 0 Å². The lowest BCUT2D eigenvalue weighted by Gasteiger charge is -2.28. The summed E-state index contributed by atoms with van der Waals surface area (Å²) in [5.74, 6) is 1.85. The van der Waals surface area contributed by atoms with Crippen molar-refractivity contribution < 1.29 is 9.47 Å². The van der Waals surface area contributed by atoms with E-state index in [1.165, 1.54) is 16.3 Å². The van der Waals surface area contributed by atoms with Gasteiger partial charge in [0.15, 0.2) is 0 Å². The van der Waals surface area contributed by atoms with Crippen molar-refractivity contribution in [3.8, 4) is 11.5 Å². The Morgan fingerprint density at radius 2 is 1.67 bits per heavy atom. The second-order valence-corrected chi connectivity index (χ2v) is 5.26. The predicted octanol–water partition coefficient (Wildman–Crippen LogP) is 4.74. The molecule has 3 aromatic carbocycles. The average Bonchev–Trinajstić information content (AvgIpc) is 2.56. The van der Waals surface area contributed by atoms with E-state index in [9.17, 15) is 0 Å². The molecule has 1 aliphatic heterocycles. The molecule has 1 atom stereocenters. The lowest BCUT2D eigenvalue weighted by Crippen LogP contribution is -2.19. The van der Waals surface area contributed by atoms with Crippen LogP contribution in [0.4, 0.5) is 0 Å². The number of para-hydroxylation sites is 1. The molecule has 0 amide bonds. The first-order valence-electron chi connectivity index (χ1n) is 7.28. The van der Waals surface area contributed by atoms with Crippen LogP contribution in [0.1, 0.15) is 18.1 Å². The van der Waals surface area contributed by atoms with Crippen LogP contribution in [0.2, 0.25) is 0 Å². The lowest BCUT2D eigenvalue weighted by molar-refractivity contribution is 0.138. The maximum Gasteiger partial charge on any atom is 0.131 e. The third-order valence-corrected chi connectivity index (χ3v) is 3.91. The minimum absolute atomic E-state index is 0.0437. The van der Waals surface area contributed by atoms with Gasteiger partial charge in [-0.25, -0.2) is 0 Å². The lowest BCUT2D eigenvalue weighted by atomic mass is 9.96. The Hall–Kier alpha value is -2.48. The van der Waals surface area contributed by atoms with Gasteiger partial charge in [-0.05, 0) is 29.0 Å². The second-order valence-electron chi connectivity index (χ2n) is 5.26. The molecule has 0 spiro atoms. The standard InChI is InChI=1S/C19H16O2/c1-2-7-15(8-3-1)21-18-12-13-20-17-11-10-14-6-4-5-9-16(14)19(17)18/h1-11,18H,12-13H2. The number of fused-ring (bicyclic) bond motifs is 3. The SMILES string of the molecule is c1ccc(OC2CCOc3ccc4ccccc4c32)cc1. The molecular formula is C19H16O2. The molecule has 1 aliphatic rings. The highest BCUT2D eigenvalue weighted by Crippen LogP contribution is 2.40. The molecule has 0 N–H and O–H groups in total. The molecule has 3 aromatic rings. The summed E-state index contributed by atoms with van der Waals surface area (Å²) in [5, 5.41) is 2.44. The first-order valence-corrected chi connectivity index (χ1v) is 7.28. The highest BCUT2D eigenvalue weighted by atomic mass is 16.5. The first-order chi connectivity index (χ1) is 10.4. The van der Waals surface area contributed by atoms with Gasteiger partial charge in [-0.1, -0.05) is 48.5 Å².